The second kappa shape index (κ2) is 4.34. The fraction of sp³-hybridized carbons (Fsp3) is 0.538. The minimum atomic E-state index is 0.726. The largest absolute Gasteiger partial charge is 0.382 e. The predicted molar refractivity (Wildman–Crippen MR) is 68.2 cm³/mol. The van der Waals surface area contributed by atoms with Gasteiger partial charge < -0.3 is 15.5 Å². The topological polar surface area (TPSA) is 27.3 Å². The van der Waals surface area contributed by atoms with Crippen LogP contribution in [0.15, 0.2) is 24.3 Å². The van der Waals surface area contributed by atoms with Crippen LogP contribution in [-0.2, 0) is 0 Å². The molecule has 16 heavy (non-hydrogen) atoms. The van der Waals surface area contributed by atoms with Crippen LogP contribution in [0.4, 0.5) is 11.4 Å². The predicted octanol–water partition coefficient (Wildman–Crippen LogP) is 1.67. The third-order valence-corrected chi connectivity index (χ3v) is 3.63. The molecule has 2 aliphatic rings. The molecule has 1 fully saturated rings. The Kier molecular flexibility index (Phi) is 2.70. The molecule has 0 atom stereocenters. The summed E-state index contributed by atoms with van der Waals surface area (Å²) in [5, 5.41) is 6.91. The molecule has 1 aromatic rings. The van der Waals surface area contributed by atoms with E-state index in [4.69, 9.17) is 0 Å². The highest BCUT2D eigenvalue weighted by atomic mass is 15.2. The van der Waals surface area contributed by atoms with Gasteiger partial charge in [-0.25, -0.2) is 0 Å². The lowest BCUT2D eigenvalue weighted by molar-refractivity contribution is 0.430. The third-order valence-electron chi connectivity index (χ3n) is 3.63. The van der Waals surface area contributed by atoms with Gasteiger partial charge >= 0.3 is 0 Å². The SMILES string of the molecule is c1ccc2c(c1)NCCN2C1CCNCC1. The van der Waals surface area contributed by atoms with Gasteiger partial charge in [-0.1, -0.05) is 12.1 Å². The summed E-state index contributed by atoms with van der Waals surface area (Å²) < 4.78 is 0. The van der Waals surface area contributed by atoms with Crippen LogP contribution in [0.1, 0.15) is 12.8 Å². The summed E-state index contributed by atoms with van der Waals surface area (Å²) >= 11 is 0. The Morgan fingerprint density at radius 3 is 2.75 bits per heavy atom. The van der Waals surface area contributed by atoms with E-state index < -0.39 is 0 Å². The van der Waals surface area contributed by atoms with Crippen molar-refractivity contribution in [3.05, 3.63) is 24.3 Å². The molecule has 0 spiro atoms. The highest BCUT2D eigenvalue weighted by Crippen LogP contribution is 2.31. The molecule has 0 amide bonds. The van der Waals surface area contributed by atoms with E-state index in [1.807, 2.05) is 0 Å². The Morgan fingerprint density at radius 2 is 1.88 bits per heavy atom. The monoisotopic (exact) mass is 217 g/mol. The Hall–Kier alpha value is -1.22. The summed E-state index contributed by atoms with van der Waals surface area (Å²) in [6.45, 7) is 4.54. The van der Waals surface area contributed by atoms with Crippen LogP contribution >= 0.6 is 0 Å². The number of hydrogen-bond acceptors (Lipinski definition) is 3. The van der Waals surface area contributed by atoms with Crippen LogP contribution in [0.2, 0.25) is 0 Å². The number of nitrogens with zero attached hydrogens (tertiary/aromatic N) is 1. The second-order valence-corrected chi connectivity index (χ2v) is 4.62. The van der Waals surface area contributed by atoms with Gasteiger partial charge in [-0.15, -0.1) is 0 Å². The van der Waals surface area contributed by atoms with Gasteiger partial charge in [-0.05, 0) is 38.1 Å². The number of hydrogen-bond donors (Lipinski definition) is 2. The summed E-state index contributed by atoms with van der Waals surface area (Å²) in [6.07, 6.45) is 2.54. The number of benzene rings is 1. The highest BCUT2D eigenvalue weighted by Gasteiger charge is 2.24. The zero-order valence-electron chi connectivity index (χ0n) is 9.58. The van der Waals surface area contributed by atoms with Crippen molar-refractivity contribution >= 4 is 11.4 Å². The van der Waals surface area contributed by atoms with Crippen molar-refractivity contribution in [3.8, 4) is 0 Å². The number of anilines is 2. The molecule has 0 aromatic heterocycles. The molecule has 0 unspecified atom stereocenters. The van der Waals surface area contributed by atoms with Gasteiger partial charge in [0.25, 0.3) is 0 Å². The van der Waals surface area contributed by atoms with Crippen LogP contribution in [0, 0.1) is 0 Å². The van der Waals surface area contributed by atoms with Gasteiger partial charge in [-0.2, -0.15) is 0 Å². The Balaban J connectivity index is 1.86. The molecule has 2 heterocycles. The summed E-state index contributed by atoms with van der Waals surface area (Å²) in [6, 6.07) is 9.40. The van der Waals surface area contributed by atoms with Crippen LogP contribution in [-0.4, -0.2) is 32.2 Å². The molecule has 2 N–H and O–H groups in total. The Morgan fingerprint density at radius 1 is 1.06 bits per heavy atom. The Labute approximate surface area is 96.8 Å². The van der Waals surface area contributed by atoms with E-state index in [0.717, 1.165) is 32.2 Å². The van der Waals surface area contributed by atoms with Crippen molar-refractivity contribution < 1.29 is 0 Å². The molecule has 1 aromatic carbocycles. The standard InChI is InChI=1S/C13H19N3/c1-2-4-13-12(3-1)15-9-10-16(13)11-5-7-14-8-6-11/h1-4,11,14-15H,5-10H2. The van der Waals surface area contributed by atoms with E-state index in [1.54, 1.807) is 0 Å². The number of para-hydroxylation sites is 2. The van der Waals surface area contributed by atoms with Gasteiger partial charge in [0, 0.05) is 19.1 Å². The average Bonchev–Trinajstić information content (AvgIpc) is 2.39. The average molecular weight is 217 g/mol. The first-order chi connectivity index (χ1) is 7.95. The first-order valence-electron chi connectivity index (χ1n) is 6.25. The lowest BCUT2D eigenvalue weighted by Crippen LogP contribution is -2.47. The molecular weight excluding hydrogens is 198 g/mol. The van der Waals surface area contributed by atoms with Crippen molar-refractivity contribution in [1.29, 1.82) is 0 Å². The zero-order valence-corrected chi connectivity index (χ0v) is 9.58. The van der Waals surface area contributed by atoms with E-state index in [0.29, 0.717) is 0 Å². The molecule has 0 bridgehead atoms. The summed E-state index contributed by atoms with van der Waals surface area (Å²) in [7, 11) is 0. The molecular formula is C13H19N3. The van der Waals surface area contributed by atoms with E-state index in [2.05, 4.69) is 39.8 Å². The number of fused-ring (bicyclic) bond motifs is 1. The van der Waals surface area contributed by atoms with E-state index in [-0.39, 0.29) is 0 Å². The zero-order chi connectivity index (χ0) is 10.8. The quantitative estimate of drug-likeness (QED) is 0.749. The van der Waals surface area contributed by atoms with Gasteiger partial charge in [0.2, 0.25) is 0 Å². The first-order valence-corrected chi connectivity index (χ1v) is 6.25. The van der Waals surface area contributed by atoms with E-state index in [1.165, 1.54) is 24.2 Å². The lowest BCUT2D eigenvalue weighted by atomic mass is 10.0. The van der Waals surface area contributed by atoms with Crippen LogP contribution in [0.5, 0.6) is 0 Å². The maximum Gasteiger partial charge on any atom is 0.0605 e. The molecule has 3 nitrogen and oxygen atoms in total. The molecule has 0 saturated carbocycles. The summed E-state index contributed by atoms with van der Waals surface area (Å²) in [4.78, 5) is 2.59. The second-order valence-electron chi connectivity index (χ2n) is 4.62. The minimum absolute atomic E-state index is 0.726. The molecule has 1 saturated heterocycles. The van der Waals surface area contributed by atoms with Gasteiger partial charge in [0.15, 0.2) is 0 Å². The van der Waals surface area contributed by atoms with E-state index in [9.17, 15) is 0 Å². The van der Waals surface area contributed by atoms with Crippen molar-refractivity contribution in [1.82, 2.24) is 5.32 Å². The van der Waals surface area contributed by atoms with Crippen molar-refractivity contribution in [2.45, 2.75) is 18.9 Å². The molecule has 0 radical (unpaired) electrons. The molecule has 3 heteroatoms. The third kappa shape index (κ3) is 1.76. The fourth-order valence-electron chi connectivity index (χ4n) is 2.80. The van der Waals surface area contributed by atoms with Crippen molar-refractivity contribution in [2.24, 2.45) is 0 Å². The van der Waals surface area contributed by atoms with Crippen molar-refractivity contribution in [3.63, 3.8) is 0 Å². The van der Waals surface area contributed by atoms with Crippen LogP contribution in [0.25, 0.3) is 0 Å². The highest BCUT2D eigenvalue weighted by molar-refractivity contribution is 5.72. The van der Waals surface area contributed by atoms with Gasteiger partial charge in [0.05, 0.1) is 11.4 Å². The maximum absolute atomic E-state index is 3.47. The smallest absolute Gasteiger partial charge is 0.0605 e. The number of piperidine rings is 1. The van der Waals surface area contributed by atoms with Crippen LogP contribution < -0.4 is 15.5 Å². The molecule has 0 aliphatic carbocycles. The normalized spacial score (nSPS) is 21.4. The fourth-order valence-corrected chi connectivity index (χ4v) is 2.80. The number of rotatable bonds is 1. The van der Waals surface area contributed by atoms with Crippen LogP contribution in [0.3, 0.4) is 0 Å². The summed E-state index contributed by atoms with van der Waals surface area (Å²) in [5.74, 6) is 0. The minimum Gasteiger partial charge on any atom is -0.382 e. The summed E-state index contributed by atoms with van der Waals surface area (Å²) in [5.41, 5.74) is 2.69. The Bertz CT molecular complexity index is 358. The molecule has 2 aliphatic heterocycles. The molecule has 86 valence electrons. The number of nitrogens with one attached hydrogen (secondary N) is 2. The van der Waals surface area contributed by atoms with Gasteiger partial charge in [0.1, 0.15) is 0 Å². The first kappa shape index (κ1) is 9.97. The lowest BCUT2D eigenvalue weighted by Gasteiger charge is -2.40. The van der Waals surface area contributed by atoms with E-state index >= 15 is 0 Å². The van der Waals surface area contributed by atoms with Gasteiger partial charge in [-0.3, -0.25) is 0 Å². The van der Waals surface area contributed by atoms with Crippen molar-refractivity contribution in [2.75, 3.05) is 36.4 Å². The molecule has 3 rings (SSSR count). The maximum atomic E-state index is 3.47.